The Morgan fingerprint density at radius 2 is 1.52 bits per heavy atom. The molecule has 10 atom stereocenters. The number of nitrogens with one attached hydrogen (secondary N) is 6. The lowest BCUT2D eigenvalue weighted by Gasteiger charge is -2.41. The minimum absolute atomic E-state index is 0.00842. The van der Waals surface area contributed by atoms with E-state index < -0.39 is 131 Å². The predicted octanol–water partition coefficient (Wildman–Crippen LogP) is 4.06. The van der Waals surface area contributed by atoms with E-state index in [4.69, 9.17) is 49.1 Å². The van der Waals surface area contributed by atoms with Crippen molar-refractivity contribution in [3.63, 3.8) is 0 Å². The third-order valence-corrected chi connectivity index (χ3v) is 20.7. The second kappa shape index (κ2) is 28.8. The van der Waals surface area contributed by atoms with Crippen molar-refractivity contribution in [3.8, 4) is 43.5 Å². The number of aromatic amines is 1. The highest BCUT2D eigenvalue weighted by atomic mass is 32.2. The molecule has 6 amide bonds. The summed E-state index contributed by atoms with van der Waals surface area (Å²) in [7, 11) is 3.95. The Balaban J connectivity index is 1.10. The molecule has 8 aromatic rings. The Kier molecular flexibility index (Phi) is 20.5. The molecule has 502 valence electrons. The number of pyridine rings is 1. The van der Waals surface area contributed by atoms with Crippen molar-refractivity contribution in [3.05, 3.63) is 119 Å². The van der Waals surface area contributed by atoms with Crippen molar-refractivity contribution in [2.45, 2.75) is 94.8 Å². The summed E-state index contributed by atoms with van der Waals surface area (Å²) < 4.78 is 35.3. The molecule has 12 bridgehead atoms. The number of thioether (sulfide) groups is 1. The molecule has 1 saturated heterocycles. The first-order chi connectivity index (χ1) is 45.9. The number of thiazole rings is 5. The number of allylic oxidation sites excluding steroid dienone is 1. The van der Waals surface area contributed by atoms with Gasteiger partial charge >= 0.3 is 5.97 Å². The molecular formula is C59H57N13O18S6. The molecule has 7 aromatic heterocycles. The molecule has 11 rings (SSSR count). The van der Waals surface area contributed by atoms with Gasteiger partial charge in [0, 0.05) is 58.0 Å². The number of carbonyl (C=O) groups excluding carboxylic acids is 8. The maximum atomic E-state index is 15.5. The van der Waals surface area contributed by atoms with Crippen LogP contribution in [0.5, 0.6) is 10.8 Å². The summed E-state index contributed by atoms with van der Waals surface area (Å²) in [5, 5.41) is 64.6. The maximum Gasteiger partial charge on any atom is 0.308 e. The lowest BCUT2D eigenvalue weighted by atomic mass is 9.99. The summed E-state index contributed by atoms with van der Waals surface area (Å²) in [6.45, 7) is 7.39. The van der Waals surface area contributed by atoms with Crippen LogP contribution in [0.3, 0.4) is 0 Å². The standard InChI is InChI=1S/C59H57N13O18S6/c1-20(46(60)78)61-47(79)30-17-94-55(67-30)40-34(74)12-26-39(68-40)29-15-92-53(64-29)33-19-95-57(84)28-11-25-24(9-8-10-27(25)62-28)14-88-36(76)13-35(75)41(56-72-42(51(83)63-33)59(96-56)90-58-45(87-7)44(86-6)43(77)23(4)89-58)71-49(81)32-18-93-54(66-32)38(22(3)85-5)70-50(82)37(21(2)73)69-48(80)31-16-91-52(26)65-31/h8-12,15-18,21,23,33,35,37,41,43-45,58,62,73-75,77H,1,13-14,19H2,2-7H3,(H2,60,78)(H,61,79)(H,63,83)(H,69,80)(H,70,82)(H,71,81)/b38-22+. The van der Waals surface area contributed by atoms with E-state index in [1.54, 1.807) is 36.6 Å². The summed E-state index contributed by atoms with van der Waals surface area (Å²) in [4.78, 5) is 143. The molecule has 1 fully saturated rings. The van der Waals surface area contributed by atoms with Gasteiger partial charge in [-0.1, -0.05) is 41.8 Å². The van der Waals surface area contributed by atoms with Gasteiger partial charge in [-0.25, -0.2) is 29.9 Å². The average Bonchev–Trinajstić information content (AvgIpc) is 1.55. The number of cyclic esters (lactones) is 1. The third kappa shape index (κ3) is 14.3. The van der Waals surface area contributed by atoms with Crippen LogP contribution in [0.1, 0.15) is 112 Å². The zero-order valence-corrected chi connectivity index (χ0v) is 55.9. The number of methoxy groups -OCH3 is 3. The highest BCUT2D eigenvalue weighted by Gasteiger charge is 2.47. The molecular weight excluding hydrogens is 1370 g/mol. The highest BCUT2D eigenvalue weighted by Crippen LogP contribution is 2.43. The largest absolute Gasteiger partial charge is 0.506 e. The van der Waals surface area contributed by atoms with E-state index in [2.05, 4.69) is 53.1 Å². The van der Waals surface area contributed by atoms with Crippen molar-refractivity contribution >= 4 is 132 Å². The van der Waals surface area contributed by atoms with E-state index in [-0.39, 0.29) is 99.3 Å². The van der Waals surface area contributed by atoms with Crippen LogP contribution in [0.25, 0.3) is 49.3 Å². The minimum atomic E-state index is -1.89. The molecule has 12 N–H and O–H groups in total. The number of H-pyrrole nitrogens is 1. The third-order valence-electron chi connectivity index (χ3n) is 15.2. The number of aliphatic hydroxyl groups is 3. The molecule has 96 heavy (non-hydrogen) atoms. The smallest absolute Gasteiger partial charge is 0.308 e. The van der Waals surface area contributed by atoms with E-state index >= 15 is 4.79 Å². The Labute approximate surface area is 566 Å². The van der Waals surface area contributed by atoms with Crippen LogP contribution in [-0.4, -0.2) is 178 Å². The van der Waals surface area contributed by atoms with Gasteiger partial charge in [-0.3, -0.25) is 38.4 Å². The second-order valence-electron chi connectivity index (χ2n) is 21.5. The van der Waals surface area contributed by atoms with Crippen LogP contribution in [-0.2, 0) is 44.7 Å². The number of benzene rings is 1. The Hall–Kier alpha value is -8.99. The van der Waals surface area contributed by atoms with Crippen LogP contribution in [0.15, 0.2) is 69.9 Å². The van der Waals surface area contributed by atoms with E-state index in [9.17, 15) is 54.0 Å². The number of aromatic nitrogens is 7. The number of fused-ring (bicyclic) bond motifs is 13. The van der Waals surface area contributed by atoms with Crippen molar-refractivity contribution in [2.24, 2.45) is 5.73 Å². The number of ether oxygens (including phenoxy) is 6. The lowest BCUT2D eigenvalue weighted by Crippen LogP contribution is -2.59. The Morgan fingerprint density at radius 3 is 2.24 bits per heavy atom. The fraction of sp³-hybridized carbons (Fsp3) is 0.322. The van der Waals surface area contributed by atoms with Gasteiger partial charge in [0.2, 0.25) is 22.4 Å². The fourth-order valence-corrected chi connectivity index (χ4v) is 15.3. The monoisotopic (exact) mass is 1430 g/mol. The van der Waals surface area contributed by atoms with Gasteiger partial charge < -0.3 is 86.1 Å². The molecule has 1 aromatic carbocycles. The van der Waals surface area contributed by atoms with Crippen LogP contribution in [0.2, 0.25) is 0 Å². The van der Waals surface area contributed by atoms with Crippen molar-refractivity contribution in [1.82, 2.24) is 61.5 Å². The van der Waals surface area contributed by atoms with Crippen LogP contribution < -0.4 is 37.1 Å². The zero-order valence-electron chi connectivity index (χ0n) is 51.0. The van der Waals surface area contributed by atoms with Gasteiger partial charge in [0.25, 0.3) is 29.5 Å². The lowest BCUT2D eigenvalue weighted by molar-refractivity contribution is -0.278. The summed E-state index contributed by atoms with van der Waals surface area (Å²) in [5.41, 5.74) is 4.56. The summed E-state index contributed by atoms with van der Waals surface area (Å²) in [6.07, 6.45) is -10.1. The predicted molar refractivity (Wildman–Crippen MR) is 348 cm³/mol. The first kappa shape index (κ1) is 68.4. The number of primary amides is 1. The number of amides is 6. The first-order valence-electron chi connectivity index (χ1n) is 28.6. The Bertz CT molecular complexity index is 4440. The van der Waals surface area contributed by atoms with Crippen molar-refractivity contribution < 1.29 is 87.2 Å². The molecule has 0 spiro atoms. The number of esters is 1. The number of aliphatic hydroxyl groups excluding tert-OH is 3. The van der Waals surface area contributed by atoms with E-state index in [1.807, 2.05) is 0 Å². The van der Waals surface area contributed by atoms with Gasteiger partial charge in [-0.05, 0) is 44.5 Å². The average molecular weight is 1430 g/mol. The van der Waals surface area contributed by atoms with Gasteiger partial charge in [0.05, 0.1) is 49.3 Å². The number of nitrogens with two attached hydrogens (primary N) is 1. The number of hydrogen-bond donors (Lipinski definition) is 11. The SMILES string of the molecule is C=C(NC(=O)c1csc(-c2nc3c(cc2O)-c2nc(cs2)C(=O)NC(C(C)O)C(=O)N/C(=C(\C)OC)c2nc(cs2)C(=O)NC2c4nc(c(OC5OC(C)C(O)C(OC)C5OC)s4)C(=O)NC(CSC(=O)c4cc5c(cccc5[nH]4)COC(=O)CC2O)c2nc-3cs2)n1)C(N)=O. The number of rotatable bonds is 10. The quantitative estimate of drug-likeness (QED) is 0.0522. The topological polar surface area (TPSA) is 452 Å². The fourth-order valence-electron chi connectivity index (χ4n) is 10.1. The van der Waals surface area contributed by atoms with Crippen LogP contribution >= 0.6 is 68.4 Å². The van der Waals surface area contributed by atoms with Gasteiger partial charge in [0.1, 0.15) is 113 Å². The van der Waals surface area contributed by atoms with Crippen molar-refractivity contribution in [2.75, 3.05) is 27.1 Å². The number of hydrogen-bond acceptors (Lipinski definition) is 30. The van der Waals surface area contributed by atoms with E-state index in [0.29, 0.717) is 27.8 Å². The molecule has 0 aliphatic carbocycles. The number of carbonyl (C=O) groups is 8. The van der Waals surface area contributed by atoms with E-state index in [0.717, 1.165) is 57.1 Å². The van der Waals surface area contributed by atoms with Gasteiger partial charge in [0.15, 0.2) is 5.69 Å². The number of nitrogens with zero attached hydrogens (tertiary/aromatic N) is 6. The minimum Gasteiger partial charge on any atom is -0.506 e. The zero-order chi connectivity index (χ0) is 68.5. The molecule has 3 aliphatic rings. The highest BCUT2D eigenvalue weighted by molar-refractivity contribution is 8.14. The van der Waals surface area contributed by atoms with Crippen LogP contribution in [0.4, 0.5) is 0 Å². The summed E-state index contributed by atoms with van der Waals surface area (Å²) in [6, 6.07) is 3.29. The van der Waals surface area contributed by atoms with E-state index in [1.165, 1.54) is 57.4 Å². The van der Waals surface area contributed by atoms with Gasteiger partial charge in [-0.2, -0.15) is 0 Å². The van der Waals surface area contributed by atoms with Gasteiger partial charge in [-0.15, -0.1) is 45.3 Å². The second-order valence-corrected chi connectivity index (χ2v) is 27.0. The molecule has 37 heteroatoms. The molecule has 10 unspecified atom stereocenters. The molecule has 0 radical (unpaired) electrons. The maximum absolute atomic E-state index is 15.5. The molecule has 10 heterocycles. The normalized spacial score (nSPS) is 23.0. The molecule has 3 aliphatic heterocycles. The van der Waals surface area contributed by atoms with Crippen molar-refractivity contribution in [1.29, 1.82) is 0 Å². The Morgan fingerprint density at radius 1 is 0.812 bits per heavy atom. The molecule has 31 nitrogen and oxygen atoms in total. The first-order valence-corrected chi connectivity index (χ1v) is 34.0. The summed E-state index contributed by atoms with van der Waals surface area (Å²) in [5.74, 6) is -7.37. The van der Waals surface area contributed by atoms with Crippen LogP contribution in [0, 0.1) is 0 Å². The summed E-state index contributed by atoms with van der Waals surface area (Å²) >= 11 is 5.08. The molecule has 0 saturated carbocycles. The number of aromatic hydroxyl groups is 1.